The van der Waals surface area contributed by atoms with Crippen molar-refractivity contribution in [1.82, 2.24) is 5.32 Å². The first-order chi connectivity index (χ1) is 10.7. The zero-order chi connectivity index (χ0) is 15.8. The van der Waals surface area contributed by atoms with E-state index in [2.05, 4.69) is 61.6 Å². The van der Waals surface area contributed by atoms with Crippen molar-refractivity contribution in [2.24, 2.45) is 0 Å². The number of rotatable bonds is 8. The number of hydrogen-bond donors (Lipinski definition) is 1. The van der Waals surface area contributed by atoms with E-state index in [9.17, 15) is 0 Å². The fraction of sp³-hybridized carbons (Fsp3) is 0.368. The third kappa shape index (κ3) is 5.17. The molecule has 0 aliphatic heterocycles. The second-order valence-electron chi connectivity index (χ2n) is 5.54. The highest BCUT2D eigenvalue weighted by atomic mass is 16.5. The molecule has 2 rings (SSSR count). The third-order valence-electron chi connectivity index (χ3n) is 3.51. The summed E-state index contributed by atoms with van der Waals surface area (Å²) in [4.78, 5) is 0. The van der Waals surface area contributed by atoms with E-state index < -0.39 is 0 Å². The van der Waals surface area contributed by atoms with Gasteiger partial charge < -0.3 is 14.8 Å². The van der Waals surface area contributed by atoms with Gasteiger partial charge in [-0.2, -0.15) is 0 Å². The summed E-state index contributed by atoms with van der Waals surface area (Å²) < 4.78 is 11.1. The van der Waals surface area contributed by atoms with Crippen LogP contribution in [0, 0.1) is 13.8 Å². The van der Waals surface area contributed by atoms with Gasteiger partial charge in [0.05, 0.1) is 12.6 Å². The predicted octanol–water partition coefficient (Wildman–Crippen LogP) is 3.66. The smallest absolute Gasteiger partial charge is 0.119 e. The molecule has 22 heavy (non-hydrogen) atoms. The summed E-state index contributed by atoms with van der Waals surface area (Å²) in [6, 6.07) is 16.8. The second kappa shape index (κ2) is 8.57. The first kappa shape index (κ1) is 16.5. The highest BCUT2D eigenvalue weighted by Crippen LogP contribution is 2.19. The van der Waals surface area contributed by atoms with Crippen LogP contribution in [0.4, 0.5) is 0 Å². The minimum Gasteiger partial charge on any atom is -0.492 e. The molecule has 2 aromatic carbocycles. The maximum absolute atomic E-state index is 6.01. The Morgan fingerprint density at radius 3 is 2.32 bits per heavy atom. The summed E-state index contributed by atoms with van der Waals surface area (Å²) in [5.74, 6) is 0.923. The van der Waals surface area contributed by atoms with E-state index in [1.807, 2.05) is 6.07 Å². The molecule has 0 aliphatic rings. The van der Waals surface area contributed by atoms with Gasteiger partial charge in [-0.1, -0.05) is 36.4 Å². The fourth-order valence-electron chi connectivity index (χ4n) is 2.49. The molecule has 0 heterocycles. The zero-order valence-electron chi connectivity index (χ0n) is 13.6. The molecule has 0 fully saturated rings. The van der Waals surface area contributed by atoms with Crippen LogP contribution in [0.5, 0.6) is 5.75 Å². The lowest BCUT2D eigenvalue weighted by Gasteiger charge is -2.20. The van der Waals surface area contributed by atoms with Crippen LogP contribution in [0.2, 0.25) is 0 Å². The van der Waals surface area contributed by atoms with Gasteiger partial charge in [0.1, 0.15) is 12.4 Å². The largest absolute Gasteiger partial charge is 0.492 e. The van der Waals surface area contributed by atoms with Gasteiger partial charge in [-0.25, -0.2) is 0 Å². The third-order valence-corrected chi connectivity index (χ3v) is 3.51. The van der Waals surface area contributed by atoms with Crippen LogP contribution < -0.4 is 10.1 Å². The molecule has 0 saturated heterocycles. The molecule has 118 valence electrons. The van der Waals surface area contributed by atoms with Crippen molar-refractivity contribution in [3.05, 3.63) is 65.2 Å². The van der Waals surface area contributed by atoms with E-state index >= 15 is 0 Å². The predicted molar refractivity (Wildman–Crippen MR) is 90.5 cm³/mol. The van der Waals surface area contributed by atoms with E-state index in [0.29, 0.717) is 13.2 Å². The molecule has 0 spiro atoms. The van der Waals surface area contributed by atoms with E-state index in [1.165, 1.54) is 16.7 Å². The van der Waals surface area contributed by atoms with Gasteiger partial charge in [0.25, 0.3) is 0 Å². The highest BCUT2D eigenvalue weighted by molar-refractivity contribution is 5.33. The number of hydrogen-bond acceptors (Lipinski definition) is 3. The minimum absolute atomic E-state index is 0.150. The molecule has 3 heteroatoms. The van der Waals surface area contributed by atoms with Crippen molar-refractivity contribution in [2.45, 2.75) is 19.9 Å². The van der Waals surface area contributed by atoms with Crippen LogP contribution in [-0.2, 0) is 4.74 Å². The van der Waals surface area contributed by atoms with Crippen LogP contribution in [-0.4, -0.2) is 26.9 Å². The molecule has 2 aromatic rings. The maximum Gasteiger partial charge on any atom is 0.119 e. The number of nitrogens with one attached hydrogen (secondary N) is 1. The van der Waals surface area contributed by atoms with Gasteiger partial charge in [-0.05, 0) is 42.7 Å². The molecule has 3 nitrogen and oxygen atoms in total. The Bertz CT molecular complexity index is 549. The second-order valence-corrected chi connectivity index (χ2v) is 5.54. The molecule has 1 N–H and O–H groups in total. The summed E-state index contributed by atoms with van der Waals surface area (Å²) in [6.07, 6.45) is 0. The first-order valence-corrected chi connectivity index (χ1v) is 7.67. The Labute approximate surface area is 133 Å². The molecular formula is C19H25NO2. The van der Waals surface area contributed by atoms with Crippen LogP contribution in [0.25, 0.3) is 0 Å². The van der Waals surface area contributed by atoms with Crippen LogP contribution in [0.1, 0.15) is 22.7 Å². The molecule has 1 atom stereocenters. The fourth-order valence-corrected chi connectivity index (χ4v) is 2.49. The summed E-state index contributed by atoms with van der Waals surface area (Å²) in [6.45, 7) is 6.26. The molecule has 0 radical (unpaired) electrons. The molecule has 0 saturated carbocycles. The Morgan fingerprint density at radius 1 is 1.00 bits per heavy atom. The van der Waals surface area contributed by atoms with Crippen LogP contribution in [0.3, 0.4) is 0 Å². The zero-order valence-corrected chi connectivity index (χ0v) is 13.6. The number of ether oxygens (including phenoxy) is 2. The SMILES string of the molecule is COCCNC(COc1cc(C)cc(C)c1)c1ccccc1. The molecule has 0 aromatic heterocycles. The van der Waals surface area contributed by atoms with Crippen molar-refractivity contribution in [3.63, 3.8) is 0 Å². The molecule has 1 unspecified atom stereocenters. The van der Waals surface area contributed by atoms with Gasteiger partial charge in [0.2, 0.25) is 0 Å². The Kier molecular flexibility index (Phi) is 6.44. The van der Waals surface area contributed by atoms with Gasteiger partial charge in [0.15, 0.2) is 0 Å². The van der Waals surface area contributed by atoms with Crippen molar-refractivity contribution < 1.29 is 9.47 Å². The topological polar surface area (TPSA) is 30.5 Å². The van der Waals surface area contributed by atoms with Crippen molar-refractivity contribution in [2.75, 3.05) is 26.9 Å². The monoisotopic (exact) mass is 299 g/mol. The maximum atomic E-state index is 6.01. The summed E-state index contributed by atoms with van der Waals surface area (Å²) in [7, 11) is 1.71. The molecule has 0 amide bonds. The standard InChI is InChI=1S/C19H25NO2/c1-15-11-16(2)13-18(12-15)22-14-19(20-9-10-21-3)17-7-5-4-6-8-17/h4-8,11-13,19-20H,9-10,14H2,1-3H3. The van der Waals surface area contributed by atoms with Gasteiger partial charge in [-0.3, -0.25) is 0 Å². The van der Waals surface area contributed by atoms with Crippen molar-refractivity contribution in [1.29, 1.82) is 0 Å². The summed E-state index contributed by atoms with van der Waals surface area (Å²) >= 11 is 0. The van der Waals surface area contributed by atoms with Gasteiger partial charge in [-0.15, -0.1) is 0 Å². The lowest BCUT2D eigenvalue weighted by Crippen LogP contribution is -2.29. The Hall–Kier alpha value is -1.84. The molecule has 0 bridgehead atoms. The normalized spacial score (nSPS) is 12.1. The minimum atomic E-state index is 0.150. The van der Waals surface area contributed by atoms with Crippen molar-refractivity contribution in [3.8, 4) is 5.75 Å². The molecule has 0 aliphatic carbocycles. The van der Waals surface area contributed by atoms with E-state index in [-0.39, 0.29) is 6.04 Å². The van der Waals surface area contributed by atoms with Crippen LogP contribution >= 0.6 is 0 Å². The van der Waals surface area contributed by atoms with E-state index in [1.54, 1.807) is 7.11 Å². The number of benzene rings is 2. The quantitative estimate of drug-likeness (QED) is 0.755. The lowest BCUT2D eigenvalue weighted by atomic mass is 10.1. The Balaban J connectivity index is 2.02. The van der Waals surface area contributed by atoms with Gasteiger partial charge in [0, 0.05) is 13.7 Å². The van der Waals surface area contributed by atoms with E-state index in [0.717, 1.165) is 12.3 Å². The summed E-state index contributed by atoms with van der Waals surface area (Å²) in [5, 5.41) is 3.49. The Morgan fingerprint density at radius 2 is 1.68 bits per heavy atom. The number of aryl methyl sites for hydroxylation is 2. The van der Waals surface area contributed by atoms with E-state index in [4.69, 9.17) is 9.47 Å². The van der Waals surface area contributed by atoms with Crippen LogP contribution in [0.15, 0.2) is 48.5 Å². The highest BCUT2D eigenvalue weighted by Gasteiger charge is 2.11. The van der Waals surface area contributed by atoms with Crippen molar-refractivity contribution >= 4 is 0 Å². The number of methoxy groups -OCH3 is 1. The lowest BCUT2D eigenvalue weighted by molar-refractivity contribution is 0.187. The average Bonchev–Trinajstić information content (AvgIpc) is 2.50. The molecular weight excluding hydrogens is 274 g/mol. The average molecular weight is 299 g/mol. The first-order valence-electron chi connectivity index (χ1n) is 7.67. The summed E-state index contributed by atoms with van der Waals surface area (Å²) in [5.41, 5.74) is 3.67. The van der Waals surface area contributed by atoms with Gasteiger partial charge >= 0.3 is 0 Å².